The monoisotopic (exact) mass is 556 g/mol. The van der Waals surface area contributed by atoms with E-state index in [1.165, 1.54) is 18.2 Å². The molecule has 1 unspecified atom stereocenters. The summed E-state index contributed by atoms with van der Waals surface area (Å²) in [5.74, 6) is 0.159. The number of rotatable bonds is 9. The van der Waals surface area contributed by atoms with E-state index in [9.17, 15) is 12.8 Å². The van der Waals surface area contributed by atoms with Crippen LogP contribution in [0.2, 0.25) is 0 Å². The van der Waals surface area contributed by atoms with Crippen LogP contribution in [0.25, 0.3) is 0 Å². The number of hydrogen-bond acceptors (Lipinski definition) is 5. The number of nitrogens with zero attached hydrogens (tertiary/aromatic N) is 2. The van der Waals surface area contributed by atoms with E-state index in [1.54, 1.807) is 7.05 Å². The number of guanidine groups is 1. The van der Waals surface area contributed by atoms with Crippen molar-refractivity contribution in [3.63, 3.8) is 0 Å². The smallest absolute Gasteiger partial charge is 0.191 e. The zero-order valence-electron chi connectivity index (χ0n) is 17.9. The average Bonchev–Trinajstić information content (AvgIpc) is 2.70. The van der Waals surface area contributed by atoms with Crippen molar-refractivity contribution in [2.24, 2.45) is 10.9 Å². The Morgan fingerprint density at radius 1 is 1.23 bits per heavy atom. The van der Waals surface area contributed by atoms with Crippen molar-refractivity contribution >= 4 is 39.8 Å². The molecule has 1 aromatic carbocycles. The van der Waals surface area contributed by atoms with Gasteiger partial charge in [0.05, 0.1) is 19.0 Å². The van der Waals surface area contributed by atoms with Crippen molar-refractivity contribution in [3.05, 3.63) is 30.1 Å². The molecule has 2 rings (SSSR count). The largest absolute Gasteiger partial charge is 0.379 e. The fraction of sp³-hybridized carbons (Fsp3) is 0.650. The molecule has 0 spiro atoms. The lowest BCUT2D eigenvalue weighted by Gasteiger charge is -2.35. The third-order valence-corrected chi connectivity index (χ3v) is 6.61. The Morgan fingerprint density at radius 3 is 2.50 bits per heavy atom. The maximum Gasteiger partial charge on any atom is 0.191 e. The van der Waals surface area contributed by atoms with Crippen LogP contribution >= 0.6 is 24.0 Å². The van der Waals surface area contributed by atoms with E-state index in [0.29, 0.717) is 24.5 Å². The number of halogens is 2. The molecule has 0 bridgehead atoms. The van der Waals surface area contributed by atoms with Crippen LogP contribution in [0.3, 0.4) is 0 Å². The number of ether oxygens (including phenoxy) is 1. The van der Waals surface area contributed by atoms with Crippen LogP contribution in [0.4, 0.5) is 4.39 Å². The molecule has 0 saturated carbocycles. The second-order valence-corrected chi connectivity index (χ2v) is 9.64. The van der Waals surface area contributed by atoms with Crippen molar-refractivity contribution in [3.8, 4) is 0 Å². The van der Waals surface area contributed by atoms with Crippen molar-refractivity contribution in [1.29, 1.82) is 0 Å². The van der Waals surface area contributed by atoms with Crippen molar-refractivity contribution in [2.75, 3.05) is 52.2 Å². The minimum atomic E-state index is -3.70. The molecule has 1 heterocycles. The lowest BCUT2D eigenvalue weighted by Crippen LogP contribution is -2.51. The van der Waals surface area contributed by atoms with Crippen LogP contribution in [0, 0.1) is 11.7 Å². The second-order valence-electron chi connectivity index (χ2n) is 7.56. The van der Waals surface area contributed by atoms with E-state index in [1.807, 2.05) is 0 Å². The molecule has 1 aliphatic rings. The summed E-state index contributed by atoms with van der Waals surface area (Å²) in [7, 11) is -2.06. The van der Waals surface area contributed by atoms with Crippen LogP contribution in [0.1, 0.15) is 20.3 Å². The molecule has 172 valence electrons. The molecular formula is C20H34FIN4O3S. The minimum absolute atomic E-state index is 0. The van der Waals surface area contributed by atoms with Crippen LogP contribution < -0.4 is 10.6 Å². The highest BCUT2D eigenvalue weighted by atomic mass is 127. The Labute approximate surface area is 196 Å². The summed E-state index contributed by atoms with van der Waals surface area (Å²) in [6.07, 6.45) is 1.05. The highest BCUT2D eigenvalue weighted by Gasteiger charge is 2.22. The first-order valence-electron chi connectivity index (χ1n) is 10.1. The van der Waals surface area contributed by atoms with Gasteiger partial charge < -0.3 is 15.4 Å². The Balaban J connectivity index is 0.00000450. The zero-order valence-corrected chi connectivity index (χ0v) is 21.1. The predicted molar refractivity (Wildman–Crippen MR) is 129 cm³/mol. The van der Waals surface area contributed by atoms with E-state index in [4.69, 9.17) is 4.74 Å². The Morgan fingerprint density at radius 2 is 1.90 bits per heavy atom. The molecule has 0 aromatic heterocycles. The first-order chi connectivity index (χ1) is 13.8. The number of nitrogens with one attached hydrogen (secondary N) is 2. The van der Waals surface area contributed by atoms with E-state index in [2.05, 4.69) is 34.4 Å². The van der Waals surface area contributed by atoms with Gasteiger partial charge >= 0.3 is 0 Å². The molecule has 1 aromatic rings. The summed E-state index contributed by atoms with van der Waals surface area (Å²) in [5, 5.41) is 6.32. The number of hydrogen-bond donors (Lipinski definition) is 2. The maximum absolute atomic E-state index is 13.8. The third-order valence-electron chi connectivity index (χ3n) is 4.87. The fourth-order valence-corrected chi connectivity index (χ4v) is 4.64. The van der Waals surface area contributed by atoms with Gasteiger partial charge in [-0.25, -0.2) is 12.8 Å². The second kappa shape index (κ2) is 13.4. The standard InChI is InChI=1S/C20H33FN4O3S.HI/c1-16(2)14-17(25-9-11-28-12-10-25)15-24-20(22-3)23-8-13-29(26,27)19-7-5-4-6-18(19)21;/h4-7,16-17H,8-15H2,1-3H3,(H2,22,23,24);1H. The van der Waals surface area contributed by atoms with Gasteiger partial charge in [0, 0.05) is 39.3 Å². The first kappa shape index (κ1) is 27.1. The van der Waals surface area contributed by atoms with Gasteiger partial charge in [0.1, 0.15) is 10.7 Å². The van der Waals surface area contributed by atoms with Crippen LogP contribution in [-0.2, 0) is 14.6 Å². The lowest BCUT2D eigenvalue weighted by molar-refractivity contribution is 0.0132. The number of benzene rings is 1. The van der Waals surface area contributed by atoms with Crippen LogP contribution in [0.5, 0.6) is 0 Å². The number of morpholine rings is 1. The molecule has 1 fully saturated rings. The quantitative estimate of drug-likeness (QED) is 0.276. The zero-order chi connectivity index (χ0) is 21.3. The number of aliphatic imine (C=N–C) groups is 1. The van der Waals surface area contributed by atoms with Gasteiger partial charge in [0.25, 0.3) is 0 Å². The molecule has 0 amide bonds. The first-order valence-corrected chi connectivity index (χ1v) is 11.7. The normalized spacial score (nSPS) is 16.8. The van der Waals surface area contributed by atoms with Gasteiger partial charge in [0.2, 0.25) is 0 Å². The summed E-state index contributed by atoms with van der Waals surface area (Å²) >= 11 is 0. The summed E-state index contributed by atoms with van der Waals surface area (Å²) < 4.78 is 43.9. The van der Waals surface area contributed by atoms with Gasteiger partial charge in [-0.2, -0.15) is 0 Å². The van der Waals surface area contributed by atoms with Gasteiger partial charge in [-0.1, -0.05) is 26.0 Å². The van der Waals surface area contributed by atoms with Gasteiger partial charge in [-0.3, -0.25) is 9.89 Å². The number of sulfone groups is 1. The predicted octanol–water partition coefficient (Wildman–Crippen LogP) is 2.13. The maximum atomic E-state index is 13.8. The average molecular weight is 556 g/mol. The summed E-state index contributed by atoms with van der Waals surface area (Å²) in [6, 6.07) is 5.78. The molecule has 30 heavy (non-hydrogen) atoms. The van der Waals surface area contributed by atoms with Crippen molar-refractivity contribution < 1.29 is 17.5 Å². The summed E-state index contributed by atoms with van der Waals surface area (Å²) in [5.41, 5.74) is 0. The van der Waals surface area contributed by atoms with Gasteiger partial charge in [-0.05, 0) is 24.5 Å². The molecule has 1 atom stereocenters. The van der Waals surface area contributed by atoms with E-state index < -0.39 is 15.7 Å². The van der Waals surface area contributed by atoms with Crippen molar-refractivity contribution in [2.45, 2.75) is 31.2 Å². The highest BCUT2D eigenvalue weighted by Crippen LogP contribution is 2.15. The molecule has 7 nitrogen and oxygen atoms in total. The molecule has 0 aliphatic carbocycles. The summed E-state index contributed by atoms with van der Waals surface area (Å²) in [6.45, 7) is 8.56. The minimum Gasteiger partial charge on any atom is -0.379 e. The van der Waals surface area contributed by atoms with Crippen molar-refractivity contribution in [1.82, 2.24) is 15.5 Å². The topological polar surface area (TPSA) is 83.0 Å². The highest BCUT2D eigenvalue weighted by molar-refractivity contribution is 14.0. The Hall–Kier alpha value is -0.980. The van der Waals surface area contributed by atoms with Crippen LogP contribution in [-0.4, -0.2) is 77.5 Å². The molecule has 10 heteroatoms. The van der Waals surface area contributed by atoms with Gasteiger partial charge in [-0.15, -0.1) is 24.0 Å². The molecule has 1 saturated heterocycles. The summed E-state index contributed by atoms with van der Waals surface area (Å²) in [4.78, 5) is 6.33. The molecular weight excluding hydrogens is 522 g/mol. The molecule has 1 aliphatic heterocycles. The van der Waals surface area contributed by atoms with E-state index >= 15 is 0 Å². The fourth-order valence-electron chi connectivity index (χ4n) is 3.39. The van der Waals surface area contributed by atoms with E-state index in [-0.39, 0.29) is 41.2 Å². The Kier molecular flexibility index (Phi) is 12.1. The van der Waals surface area contributed by atoms with E-state index in [0.717, 1.165) is 38.8 Å². The SMILES string of the molecule is CN=C(NCCS(=O)(=O)c1ccccc1F)NCC(CC(C)C)N1CCOCC1.I. The Bertz CT molecular complexity index is 771. The molecule has 0 radical (unpaired) electrons. The molecule has 2 N–H and O–H groups in total. The van der Waals surface area contributed by atoms with Crippen LogP contribution in [0.15, 0.2) is 34.2 Å². The van der Waals surface area contributed by atoms with Gasteiger partial charge in [0.15, 0.2) is 15.8 Å². The lowest BCUT2D eigenvalue weighted by atomic mass is 10.0. The third kappa shape index (κ3) is 8.64.